The Hall–Kier alpha value is -1.12. The van der Waals surface area contributed by atoms with E-state index in [9.17, 15) is 9.59 Å². The van der Waals surface area contributed by atoms with Crippen LogP contribution in [0.1, 0.15) is 64.7 Å². The number of aldehydes is 1. The number of esters is 1. The van der Waals surface area contributed by atoms with Gasteiger partial charge in [-0.1, -0.05) is 38.2 Å². The second kappa shape index (κ2) is 13.9. The molecule has 0 aromatic heterocycles. The summed E-state index contributed by atoms with van der Waals surface area (Å²) >= 11 is 0. The Morgan fingerprint density at radius 1 is 0.944 bits per heavy atom. The molecule has 0 atom stereocenters. The van der Waals surface area contributed by atoms with Crippen LogP contribution in [0.4, 0.5) is 0 Å². The Labute approximate surface area is 111 Å². The van der Waals surface area contributed by atoms with Crippen molar-refractivity contribution < 1.29 is 14.3 Å². The summed E-state index contributed by atoms with van der Waals surface area (Å²) in [6.07, 6.45) is 14.3. The topological polar surface area (TPSA) is 43.4 Å². The van der Waals surface area contributed by atoms with Crippen molar-refractivity contribution in [2.24, 2.45) is 0 Å². The molecule has 0 aliphatic rings. The Bertz CT molecular complexity index is 234. The molecule has 0 spiro atoms. The minimum absolute atomic E-state index is 0.243. The maximum absolute atomic E-state index is 11.0. The van der Waals surface area contributed by atoms with Crippen molar-refractivity contribution in [1.29, 1.82) is 0 Å². The van der Waals surface area contributed by atoms with Crippen molar-refractivity contribution in [3.05, 3.63) is 12.2 Å². The normalized spacial score (nSPS) is 10.7. The molecule has 0 amide bonds. The zero-order chi connectivity index (χ0) is 13.5. The number of rotatable bonds is 12. The van der Waals surface area contributed by atoms with E-state index in [1.807, 2.05) is 6.08 Å². The number of ether oxygens (including phenoxy) is 1. The summed E-state index contributed by atoms with van der Waals surface area (Å²) in [6, 6.07) is 0. The van der Waals surface area contributed by atoms with Gasteiger partial charge in [0.25, 0.3) is 0 Å². The monoisotopic (exact) mass is 254 g/mol. The first-order valence-electron chi connectivity index (χ1n) is 7.08. The van der Waals surface area contributed by atoms with Crippen molar-refractivity contribution in [2.75, 3.05) is 6.61 Å². The molecule has 3 nitrogen and oxygen atoms in total. The van der Waals surface area contributed by atoms with Crippen LogP contribution in [0, 0.1) is 0 Å². The molecule has 0 fully saturated rings. The van der Waals surface area contributed by atoms with Gasteiger partial charge in [0.15, 0.2) is 0 Å². The molecule has 0 radical (unpaired) electrons. The number of carbonyl (C=O) groups excluding carboxylic acids is 2. The molecular formula is C15H26O3. The van der Waals surface area contributed by atoms with Crippen molar-refractivity contribution >= 4 is 12.3 Å². The van der Waals surface area contributed by atoms with Crippen LogP contribution in [0.25, 0.3) is 0 Å². The third kappa shape index (κ3) is 12.9. The molecule has 0 N–H and O–H groups in total. The quantitative estimate of drug-likeness (QED) is 0.230. The molecule has 3 heteroatoms. The predicted octanol–water partition coefficient (Wildman–Crippen LogP) is 3.82. The van der Waals surface area contributed by atoms with Gasteiger partial charge in [-0.05, 0) is 26.2 Å². The van der Waals surface area contributed by atoms with E-state index >= 15 is 0 Å². The Morgan fingerprint density at radius 3 is 2.06 bits per heavy atom. The van der Waals surface area contributed by atoms with Gasteiger partial charge >= 0.3 is 5.97 Å². The molecule has 0 aliphatic carbocycles. The molecule has 18 heavy (non-hydrogen) atoms. The van der Waals surface area contributed by atoms with Gasteiger partial charge in [0, 0.05) is 12.5 Å². The largest absolute Gasteiger partial charge is 0.463 e. The van der Waals surface area contributed by atoms with Gasteiger partial charge in [-0.2, -0.15) is 0 Å². The lowest BCUT2D eigenvalue weighted by Crippen LogP contribution is -1.98. The van der Waals surface area contributed by atoms with Crippen LogP contribution >= 0.6 is 0 Å². The lowest BCUT2D eigenvalue weighted by atomic mass is 10.1. The van der Waals surface area contributed by atoms with E-state index < -0.39 is 0 Å². The SMILES string of the molecule is CCOC(=O)/C=C/CCCCCCCCCC=O. The first kappa shape index (κ1) is 16.9. The highest BCUT2D eigenvalue weighted by molar-refractivity contribution is 5.81. The molecule has 0 rings (SSSR count). The van der Waals surface area contributed by atoms with E-state index in [1.54, 1.807) is 6.92 Å². The average Bonchev–Trinajstić information content (AvgIpc) is 2.36. The second-order valence-electron chi connectivity index (χ2n) is 4.37. The predicted molar refractivity (Wildman–Crippen MR) is 73.4 cm³/mol. The summed E-state index contributed by atoms with van der Waals surface area (Å²) < 4.78 is 4.78. The standard InChI is InChI=1S/C15H26O3/c1-2-18-15(17)13-11-9-7-5-3-4-6-8-10-12-14-16/h11,13-14H,2-10,12H2,1H3/b13-11+. The highest BCUT2D eigenvalue weighted by Crippen LogP contribution is 2.09. The zero-order valence-electron chi connectivity index (χ0n) is 11.5. The van der Waals surface area contributed by atoms with Gasteiger partial charge in [-0.3, -0.25) is 0 Å². The highest BCUT2D eigenvalue weighted by atomic mass is 16.5. The number of carbonyl (C=O) groups is 2. The maximum atomic E-state index is 11.0. The fourth-order valence-electron chi connectivity index (χ4n) is 1.74. The second-order valence-corrected chi connectivity index (χ2v) is 4.37. The molecule has 0 aromatic rings. The van der Waals surface area contributed by atoms with E-state index in [0.717, 1.165) is 25.5 Å². The summed E-state index contributed by atoms with van der Waals surface area (Å²) in [6.45, 7) is 2.24. The molecule has 0 aromatic carbocycles. The van der Waals surface area contributed by atoms with Crippen LogP contribution in [0.3, 0.4) is 0 Å². The van der Waals surface area contributed by atoms with Crippen LogP contribution in [-0.2, 0) is 14.3 Å². The van der Waals surface area contributed by atoms with Gasteiger partial charge in [0.2, 0.25) is 0 Å². The maximum Gasteiger partial charge on any atom is 0.330 e. The third-order valence-electron chi connectivity index (χ3n) is 2.73. The van der Waals surface area contributed by atoms with Crippen LogP contribution in [0.2, 0.25) is 0 Å². The van der Waals surface area contributed by atoms with Crippen molar-refractivity contribution in [2.45, 2.75) is 64.7 Å². The smallest absolute Gasteiger partial charge is 0.330 e. The van der Waals surface area contributed by atoms with Gasteiger partial charge in [-0.15, -0.1) is 0 Å². The van der Waals surface area contributed by atoms with Crippen molar-refractivity contribution in [1.82, 2.24) is 0 Å². The van der Waals surface area contributed by atoms with Crippen LogP contribution in [0.5, 0.6) is 0 Å². The van der Waals surface area contributed by atoms with E-state index in [1.165, 1.54) is 38.2 Å². The molecule has 0 aliphatic heterocycles. The highest BCUT2D eigenvalue weighted by Gasteiger charge is 1.93. The first-order valence-corrected chi connectivity index (χ1v) is 7.08. The van der Waals surface area contributed by atoms with E-state index in [2.05, 4.69) is 0 Å². The summed E-state index contributed by atoms with van der Waals surface area (Å²) in [7, 11) is 0. The minimum Gasteiger partial charge on any atom is -0.463 e. The Balaban J connectivity index is 3.16. The number of allylic oxidation sites excluding steroid dienone is 1. The lowest BCUT2D eigenvalue weighted by Gasteiger charge is -1.99. The lowest BCUT2D eigenvalue weighted by molar-refractivity contribution is -0.137. The molecule has 0 saturated carbocycles. The molecule has 104 valence electrons. The summed E-state index contributed by atoms with van der Waals surface area (Å²) in [4.78, 5) is 21.1. The number of unbranched alkanes of at least 4 members (excludes halogenated alkanes) is 8. The van der Waals surface area contributed by atoms with Gasteiger partial charge in [0.1, 0.15) is 6.29 Å². The zero-order valence-corrected chi connectivity index (χ0v) is 11.5. The number of hydrogen-bond donors (Lipinski definition) is 0. The van der Waals surface area contributed by atoms with Crippen LogP contribution < -0.4 is 0 Å². The van der Waals surface area contributed by atoms with Crippen molar-refractivity contribution in [3.8, 4) is 0 Å². The average molecular weight is 254 g/mol. The molecule has 0 saturated heterocycles. The fraction of sp³-hybridized carbons (Fsp3) is 0.733. The van der Waals surface area contributed by atoms with Crippen molar-refractivity contribution in [3.63, 3.8) is 0 Å². The summed E-state index contributed by atoms with van der Waals surface area (Å²) in [5.41, 5.74) is 0. The minimum atomic E-state index is -0.243. The number of hydrogen-bond acceptors (Lipinski definition) is 3. The molecular weight excluding hydrogens is 228 g/mol. The fourth-order valence-corrected chi connectivity index (χ4v) is 1.74. The van der Waals surface area contributed by atoms with E-state index in [-0.39, 0.29) is 5.97 Å². The van der Waals surface area contributed by atoms with Crippen LogP contribution in [0.15, 0.2) is 12.2 Å². The van der Waals surface area contributed by atoms with E-state index in [0.29, 0.717) is 13.0 Å². The molecule has 0 heterocycles. The molecule has 0 unspecified atom stereocenters. The van der Waals surface area contributed by atoms with Crippen LogP contribution in [-0.4, -0.2) is 18.9 Å². The third-order valence-corrected chi connectivity index (χ3v) is 2.73. The Morgan fingerprint density at radius 2 is 1.50 bits per heavy atom. The van der Waals surface area contributed by atoms with Gasteiger partial charge in [-0.25, -0.2) is 4.79 Å². The first-order chi connectivity index (χ1) is 8.81. The van der Waals surface area contributed by atoms with Gasteiger partial charge in [0.05, 0.1) is 6.61 Å². The summed E-state index contributed by atoms with van der Waals surface area (Å²) in [5.74, 6) is -0.243. The summed E-state index contributed by atoms with van der Waals surface area (Å²) in [5, 5.41) is 0. The molecule has 0 bridgehead atoms. The Kier molecular flexibility index (Phi) is 13.1. The van der Waals surface area contributed by atoms with E-state index in [4.69, 9.17) is 4.74 Å². The van der Waals surface area contributed by atoms with Gasteiger partial charge < -0.3 is 9.53 Å².